The molecule has 1 fully saturated rings. The van der Waals surface area contributed by atoms with E-state index >= 15 is 0 Å². The topological polar surface area (TPSA) is 92.9 Å². The quantitative estimate of drug-likeness (QED) is 0.378. The molecular weight excluding hydrogens is 384 g/mol. The van der Waals surface area contributed by atoms with Gasteiger partial charge in [0.15, 0.2) is 0 Å². The molecule has 1 amide bonds. The van der Waals surface area contributed by atoms with Crippen LogP contribution in [0.5, 0.6) is 5.75 Å². The molecule has 2 aromatic heterocycles. The zero-order valence-electron chi connectivity index (χ0n) is 16.3. The fourth-order valence-corrected chi connectivity index (χ4v) is 3.42. The number of Topliss-reactive ketones (excluding diaryl/α,β-unsaturated/α-hetero) is 1. The number of hydrogen-bond acceptors (Lipinski definition) is 6. The number of aliphatic hydroxyl groups is 1. The number of benzene rings is 1. The largest absolute Gasteiger partial charge is 0.507 e. The van der Waals surface area contributed by atoms with E-state index in [0.29, 0.717) is 29.4 Å². The summed E-state index contributed by atoms with van der Waals surface area (Å²) in [5, 5.41) is 10.9. The second kappa shape index (κ2) is 8.24. The van der Waals surface area contributed by atoms with Crippen molar-refractivity contribution in [3.8, 4) is 5.75 Å². The Morgan fingerprint density at radius 2 is 1.97 bits per heavy atom. The monoisotopic (exact) mass is 404 g/mol. The van der Waals surface area contributed by atoms with Crippen molar-refractivity contribution in [1.82, 2.24) is 4.98 Å². The molecule has 1 aromatic carbocycles. The first kappa shape index (κ1) is 19.4. The Bertz CT molecular complexity index is 1090. The number of ketones is 1. The van der Waals surface area contributed by atoms with Crippen LogP contribution in [-0.4, -0.2) is 28.4 Å². The zero-order valence-corrected chi connectivity index (χ0v) is 16.3. The number of carbonyl (C=O) groups excluding carboxylic acids is 2. The summed E-state index contributed by atoms with van der Waals surface area (Å²) in [5.41, 5.74) is 0.821. The highest BCUT2D eigenvalue weighted by atomic mass is 16.5. The summed E-state index contributed by atoms with van der Waals surface area (Å²) in [6.45, 7) is 2.53. The van der Waals surface area contributed by atoms with Gasteiger partial charge >= 0.3 is 0 Å². The van der Waals surface area contributed by atoms with Crippen molar-refractivity contribution in [2.75, 3.05) is 11.5 Å². The van der Waals surface area contributed by atoms with Gasteiger partial charge in [0.05, 0.1) is 18.4 Å². The summed E-state index contributed by atoms with van der Waals surface area (Å²) >= 11 is 0. The first-order valence-corrected chi connectivity index (χ1v) is 9.59. The van der Waals surface area contributed by atoms with Crippen LogP contribution in [0.2, 0.25) is 0 Å². The Morgan fingerprint density at radius 1 is 1.17 bits per heavy atom. The number of amides is 1. The van der Waals surface area contributed by atoms with Crippen molar-refractivity contribution in [3.05, 3.63) is 84.1 Å². The van der Waals surface area contributed by atoms with Gasteiger partial charge in [-0.15, -0.1) is 0 Å². The van der Waals surface area contributed by atoms with Crippen LogP contribution in [0.25, 0.3) is 5.76 Å². The van der Waals surface area contributed by atoms with Gasteiger partial charge in [-0.3, -0.25) is 19.5 Å². The molecule has 0 aliphatic carbocycles. The molecule has 152 valence electrons. The number of rotatable bonds is 6. The van der Waals surface area contributed by atoms with E-state index in [4.69, 9.17) is 9.15 Å². The van der Waals surface area contributed by atoms with E-state index in [-0.39, 0.29) is 11.3 Å². The van der Waals surface area contributed by atoms with E-state index in [0.717, 1.165) is 6.42 Å². The van der Waals surface area contributed by atoms with Crippen molar-refractivity contribution in [3.63, 3.8) is 0 Å². The highest BCUT2D eigenvalue weighted by Gasteiger charge is 2.48. The average molecular weight is 404 g/mol. The molecule has 7 nitrogen and oxygen atoms in total. The molecule has 3 heterocycles. The maximum absolute atomic E-state index is 13.0. The second-order valence-electron chi connectivity index (χ2n) is 6.77. The van der Waals surface area contributed by atoms with Crippen LogP contribution in [0.15, 0.2) is 77.2 Å². The number of aromatic nitrogens is 1. The second-order valence-corrected chi connectivity index (χ2v) is 6.77. The van der Waals surface area contributed by atoms with Crippen molar-refractivity contribution in [2.45, 2.75) is 19.4 Å². The lowest BCUT2D eigenvalue weighted by Crippen LogP contribution is -2.29. The smallest absolute Gasteiger partial charge is 0.300 e. The summed E-state index contributed by atoms with van der Waals surface area (Å²) in [6, 6.07) is 12.5. The third kappa shape index (κ3) is 3.45. The van der Waals surface area contributed by atoms with Gasteiger partial charge < -0.3 is 14.3 Å². The number of pyridine rings is 1. The van der Waals surface area contributed by atoms with E-state index in [1.807, 2.05) is 6.92 Å². The van der Waals surface area contributed by atoms with Crippen LogP contribution in [0, 0.1) is 0 Å². The molecule has 1 unspecified atom stereocenters. The van der Waals surface area contributed by atoms with Crippen LogP contribution in [-0.2, 0) is 9.59 Å². The van der Waals surface area contributed by atoms with E-state index < -0.39 is 17.7 Å². The highest BCUT2D eigenvalue weighted by Crippen LogP contribution is 2.42. The minimum Gasteiger partial charge on any atom is -0.507 e. The van der Waals surface area contributed by atoms with Crippen LogP contribution in [0.1, 0.15) is 30.7 Å². The maximum Gasteiger partial charge on any atom is 0.300 e. The number of nitrogens with zero attached hydrogens (tertiary/aromatic N) is 2. The fraction of sp³-hybridized carbons (Fsp3) is 0.174. The van der Waals surface area contributed by atoms with E-state index in [1.54, 1.807) is 48.5 Å². The molecule has 1 atom stereocenters. The third-order valence-corrected chi connectivity index (χ3v) is 4.78. The first-order chi connectivity index (χ1) is 14.6. The van der Waals surface area contributed by atoms with Crippen LogP contribution in [0.4, 0.5) is 5.69 Å². The molecule has 4 rings (SSSR count). The van der Waals surface area contributed by atoms with Crippen LogP contribution in [0.3, 0.4) is 0 Å². The lowest BCUT2D eigenvalue weighted by molar-refractivity contribution is -0.132. The molecule has 0 saturated carbocycles. The first-order valence-electron chi connectivity index (χ1n) is 9.59. The van der Waals surface area contributed by atoms with Gasteiger partial charge in [-0.1, -0.05) is 13.0 Å². The number of aliphatic hydroxyl groups excluding tert-OH is 1. The van der Waals surface area contributed by atoms with E-state index in [9.17, 15) is 14.7 Å². The number of ether oxygens (including phenoxy) is 1. The van der Waals surface area contributed by atoms with Gasteiger partial charge in [0.25, 0.3) is 11.7 Å². The number of anilines is 1. The molecule has 0 bridgehead atoms. The summed E-state index contributed by atoms with van der Waals surface area (Å²) < 4.78 is 11.2. The molecule has 1 aliphatic rings. The normalized spacial score (nSPS) is 18.0. The summed E-state index contributed by atoms with van der Waals surface area (Å²) in [5.74, 6) is -0.864. The van der Waals surface area contributed by atoms with Gasteiger partial charge in [0.2, 0.25) is 0 Å². The number of hydrogen-bond donors (Lipinski definition) is 1. The maximum atomic E-state index is 13.0. The standard InChI is InChI=1S/C23H20N2O5/c1-2-12-29-17-6-3-5-16(14-17)25-20(18-7-4-13-30-18)19(22(27)23(25)28)21(26)15-8-10-24-11-9-15/h3-11,13-14,20,26H,2,12H2,1H3/b21-19-. The lowest BCUT2D eigenvalue weighted by Gasteiger charge is -2.23. The Balaban J connectivity index is 1.85. The summed E-state index contributed by atoms with van der Waals surface area (Å²) in [6.07, 6.45) is 5.30. The SMILES string of the molecule is CCCOc1cccc(N2C(=O)C(=O)/C(=C(\O)c3ccncc3)C2c2ccco2)c1. The molecule has 30 heavy (non-hydrogen) atoms. The van der Waals surface area contributed by atoms with E-state index in [2.05, 4.69) is 4.98 Å². The zero-order chi connectivity index (χ0) is 21.1. The Hall–Kier alpha value is -3.87. The van der Waals surface area contributed by atoms with Crippen molar-refractivity contribution in [1.29, 1.82) is 0 Å². The highest BCUT2D eigenvalue weighted by molar-refractivity contribution is 6.51. The Kier molecular flexibility index (Phi) is 5.34. The van der Waals surface area contributed by atoms with Gasteiger partial charge in [0, 0.05) is 29.7 Å². The summed E-state index contributed by atoms with van der Waals surface area (Å²) in [7, 11) is 0. The molecular formula is C23H20N2O5. The van der Waals surface area contributed by atoms with Gasteiger partial charge in [-0.05, 0) is 42.8 Å². The average Bonchev–Trinajstić information content (AvgIpc) is 3.40. The fourth-order valence-electron chi connectivity index (χ4n) is 3.42. The third-order valence-electron chi connectivity index (χ3n) is 4.78. The van der Waals surface area contributed by atoms with Crippen molar-refractivity contribution < 1.29 is 23.8 Å². The Labute approximate surface area is 173 Å². The molecule has 0 radical (unpaired) electrons. The molecule has 0 spiro atoms. The molecule has 1 saturated heterocycles. The van der Waals surface area contributed by atoms with Gasteiger partial charge in [0.1, 0.15) is 23.3 Å². The van der Waals surface area contributed by atoms with Crippen LogP contribution < -0.4 is 9.64 Å². The predicted octanol–water partition coefficient (Wildman–Crippen LogP) is 4.09. The van der Waals surface area contributed by atoms with Crippen molar-refractivity contribution in [2.24, 2.45) is 0 Å². The minimum absolute atomic E-state index is 0.0407. The molecule has 1 aliphatic heterocycles. The summed E-state index contributed by atoms with van der Waals surface area (Å²) in [4.78, 5) is 31.2. The van der Waals surface area contributed by atoms with Crippen molar-refractivity contribution >= 4 is 23.1 Å². The minimum atomic E-state index is -0.908. The van der Waals surface area contributed by atoms with Gasteiger partial charge in [-0.25, -0.2) is 0 Å². The number of furan rings is 1. The lowest BCUT2D eigenvalue weighted by atomic mass is 9.99. The molecule has 1 N–H and O–H groups in total. The van der Waals surface area contributed by atoms with Gasteiger partial charge in [-0.2, -0.15) is 0 Å². The molecule has 3 aromatic rings. The van der Waals surface area contributed by atoms with E-state index in [1.165, 1.54) is 23.6 Å². The predicted molar refractivity (Wildman–Crippen MR) is 110 cm³/mol. The molecule has 7 heteroatoms. The van der Waals surface area contributed by atoms with Crippen LogP contribution >= 0.6 is 0 Å². The Morgan fingerprint density at radius 3 is 2.67 bits per heavy atom. The number of carbonyl (C=O) groups is 2.